The molecule has 0 fully saturated rings. The molecule has 3 nitrogen and oxygen atoms in total. The third kappa shape index (κ3) is 3.50. The molecule has 1 heterocycles. The van der Waals surface area contributed by atoms with Gasteiger partial charge >= 0.3 is 0 Å². The first kappa shape index (κ1) is 12.5. The topological polar surface area (TPSA) is 56.0 Å². The number of nitrogens with two attached hydrogens (primary N) is 1. The third-order valence-electron chi connectivity index (χ3n) is 2.84. The van der Waals surface area contributed by atoms with E-state index < -0.39 is 6.04 Å². The maximum absolute atomic E-state index is 12.0. The van der Waals surface area contributed by atoms with Crippen molar-refractivity contribution in [3.63, 3.8) is 0 Å². The van der Waals surface area contributed by atoms with Crippen molar-refractivity contribution in [2.75, 3.05) is 0 Å². The summed E-state index contributed by atoms with van der Waals surface area (Å²) in [4.78, 5) is 15.9. The zero-order valence-corrected chi connectivity index (χ0v) is 10.1. The summed E-state index contributed by atoms with van der Waals surface area (Å²) in [6, 6.07) is 13.1. The lowest BCUT2D eigenvalue weighted by Gasteiger charge is -2.10. The summed E-state index contributed by atoms with van der Waals surface area (Å²) in [6.07, 6.45) is 4.33. The predicted octanol–water partition coefficient (Wildman–Crippen LogP) is 1.76. The fourth-order valence-corrected chi connectivity index (χ4v) is 1.81. The quantitative estimate of drug-likeness (QED) is 0.866. The van der Waals surface area contributed by atoms with E-state index in [4.69, 9.17) is 5.73 Å². The van der Waals surface area contributed by atoms with Gasteiger partial charge in [-0.1, -0.05) is 30.3 Å². The van der Waals surface area contributed by atoms with Crippen molar-refractivity contribution in [2.24, 2.45) is 5.73 Å². The van der Waals surface area contributed by atoms with E-state index in [2.05, 4.69) is 4.98 Å². The molecule has 1 aromatic carbocycles. The van der Waals surface area contributed by atoms with Gasteiger partial charge in [0.15, 0.2) is 5.78 Å². The Kier molecular flexibility index (Phi) is 4.20. The Balaban J connectivity index is 1.93. The molecule has 0 aliphatic heterocycles. The maximum Gasteiger partial charge on any atom is 0.154 e. The van der Waals surface area contributed by atoms with Gasteiger partial charge in [-0.05, 0) is 29.7 Å². The van der Waals surface area contributed by atoms with E-state index in [0.717, 1.165) is 11.1 Å². The van der Waals surface area contributed by atoms with Gasteiger partial charge in [-0.2, -0.15) is 0 Å². The largest absolute Gasteiger partial charge is 0.321 e. The Morgan fingerprint density at radius 1 is 1.06 bits per heavy atom. The molecule has 0 spiro atoms. The zero-order chi connectivity index (χ0) is 12.8. The van der Waals surface area contributed by atoms with Gasteiger partial charge in [0.1, 0.15) is 0 Å². The number of hydrogen-bond acceptors (Lipinski definition) is 3. The average molecular weight is 240 g/mol. The molecular weight excluding hydrogens is 224 g/mol. The van der Waals surface area contributed by atoms with Crippen LogP contribution in [0.15, 0.2) is 54.9 Å². The number of pyridine rings is 1. The molecule has 0 bridgehead atoms. The normalized spacial score (nSPS) is 12.1. The van der Waals surface area contributed by atoms with Crippen LogP contribution in [0, 0.1) is 0 Å². The molecule has 3 heteroatoms. The second-order valence-electron chi connectivity index (χ2n) is 4.29. The molecule has 1 aromatic heterocycles. The van der Waals surface area contributed by atoms with Gasteiger partial charge in [0, 0.05) is 18.8 Å². The van der Waals surface area contributed by atoms with E-state index in [9.17, 15) is 4.79 Å². The average Bonchev–Trinajstić information content (AvgIpc) is 2.41. The molecule has 2 N–H and O–H groups in total. The van der Waals surface area contributed by atoms with Crippen LogP contribution in [-0.2, 0) is 17.6 Å². The van der Waals surface area contributed by atoms with Crippen LogP contribution >= 0.6 is 0 Å². The smallest absolute Gasteiger partial charge is 0.154 e. The number of hydrogen-bond donors (Lipinski definition) is 1. The van der Waals surface area contributed by atoms with Crippen LogP contribution in [0.2, 0.25) is 0 Å². The highest BCUT2D eigenvalue weighted by Crippen LogP contribution is 2.05. The summed E-state index contributed by atoms with van der Waals surface area (Å²) in [7, 11) is 0. The molecule has 92 valence electrons. The summed E-state index contributed by atoms with van der Waals surface area (Å²) in [5.41, 5.74) is 7.98. The summed E-state index contributed by atoms with van der Waals surface area (Å²) in [5.74, 6) is 0.0602. The number of ketones is 1. The highest BCUT2D eigenvalue weighted by molar-refractivity contribution is 5.86. The van der Waals surface area contributed by atoms with Crippen LogP contribution in [0.4, 0.5) is 0 Å². The number of Topliss-reactive ketones (excluding diaryl/α,β-unsaturated/α-hetero) is 1. The number of carbonyl (C=O) groups excluding carboxylic acids is 1. The Labute approximate surface area is 107 Å². The number of nitrogens with zero attached hydrogens (tertiary/aromatic N) is 1. The summed E-state index contributed by atoms with van der Waals surface area (Å²) in [6.45, 7) is 0. The lowest BCUT2D eigenvalue weighted by Crippen LogP contribution is -2.33. The Morgan fingerprint density at radius 2 is 1.72 bits per heavy atom. The minimum absolute atomic E-state index is 0.0602. The van der Waals surface area contributed by atoms with Crippen molar-refractivity contribution < 1.29 is 4.79 Å². The molecule has 0 saturated carbocycles. The number of aromatic nitrogens is 1. The Morgan fingerprint density at radius 3 is 2.39 bits per heavy atom. The molecule has 2 rings (SSSR count). The first-order chi connectivity index (χ1) is 8.75. The molecule has 18 heavy (non-hydrogen) atoms. The second kappa shape index (κ2) is 6.07. The van der Waals surface area contributed by atoms with Crippen molar-refractivity contribution in [2.45, 2.75) is 18.9 Å². The SMILES string of the molecule is NC(Cc1ccccc1)C(=O)Cc1ccncc1. The highest BCUT2D eigenvalue weighted by atomic mass is 16.1. The molecule has 0 amide bonds. The molecule has 0 aliphatic carbocycles. The van der Waals surface area contributed by atoms with Gasteiger partial charge < -0.3 is 5.73 Å². The fourth-order valence-electron chi connectivity index (χ4n) is 1.81. The van der Waals surface area contributed by atoms with Crippen molar-refractivity contribution >= 4 is 5.78 Å². The fraction of sp³-hybridized carbons (Fsp3) is 0.200. The number of rotatable bonds is 5. The summed E-state index contributed by atoms with van der Waals surface area (Å²) in [5, 5.41) is 0. The van der Waals surface area contributed by atoms with E-state index in [1.54, 1.807) is 12.4 Å². The number of benzene rings is 1. The lowest BCUT2D eigenvalue weighted by atomic mass is 9.99. The van der Waals surface area contributed by atoms with Gasteiger partial charge in [0.05, 0.1) is 6.04 Å². The Hall–Kier alpha value is -2.00. The van der Waals surface area contributed by atoms with Crippen LogP contribution in [0.5, 0.6) is 0 Å². The molecule has 1 unspecified atom stereocenters. The molecule has 0 saturated heterocycles. The van der Waals surface area contributed by atoms with E-state index in [1.807, 2.05) is 42.5 Å². The third-order valence-corrected chi connectivity index (χ3v) is 2.84. The van der Waals surface area contributed by atoms with Crippen LogP contribution < -0.4 is 5.73 Å². The lowest BCUT2D eigenvalue weighted by molar-refractivity contribution is -0.119. The maximum atomic E-state index is 12.0. The van der Waals surface area contributed by atoms with Crippen LogP contribution in [0.25, 0.3) is 0 Å². The molecule has 0 aliphatic rings. The van der Waals surface area contributed by atoms with Crippen molar-refractivity contribution in [1.82, 2.24) is 4.98 Å². The second-order valence-corrected chi connectivity index (χ2v) is 4.29. The molecular formula is C15H16N2O. The minimum atomic E-state index is -0.444. The van der Waals surface area contributed by atoms with Crippen LogP contribution in [0.3, 0.4) is 0 Å². The van der Waals surface area contributed by atoms with E-state index >= 15 is 0 Å². The first-order valence-electron chi connectivity index (χ1n) is 5.97. The first-order valence-corrected chi connectivity index (χ1v) is 5.97. The van der Waals surface area contributed by atoms with E-state index in [-0.39, 0.29) is 5.78 Å². The molecule has 0 radical (unpaired) electrons. The van der Waals surface area contributed by atoms with Gasteiger partial charge in [0.25, 0.3) is 0 Å². The van der Waals surface area contributed by atoms with Gasteiger partial charge in [0.2, 0.25) is 0 Å². The molecule has 1 atom stereocenters. The van der Waals surface area contributed by atoms with E-state index in [0.29, 0.717) is 12.8 Å². The van der Waals surface area contributed by atoms with Gasteiger partial charge in [-0.3, -0.25) is 9.78 Å². The molecule has 2 aromatic rings. The summed E-state index contributed by atoms with van der Waals surface area (Å²) >= 11 is 0. The van der Waals surface area contributed by atoms with Crippen molar-refractivity contribution in [1.29, 1.82) is 0 Å². The van der Waals surface area contributed by atoms with E-state index in [1.165, 1.54) is 0 Å². The van der Waals surface area contributed by atoms with Crippen molar-refractivity contribution in [3.05, 3.63) is 66.0 Å². The predicted molar refractivity (Wildman–Crippen MR) is 71.1 cm³/mol. The van der Waals surface area contributed by atoms with Crippen LogP contribution in [-0.4, -0.2) is 16.8 Å². The minimum Gasteiger partial charge on any atom is -0.321 e. The Bertz CT molecular complexity index is 496. The monoisotopic (exact) mass is 240 g/mol. The van der Waals surface area contributed by atoms with Crippen molar-refractivity contribution in [3.8, 4) is 0 Å². The van der Waals surface area contributed by atoms with Gasteiger partial charge in [-0.15, -0.1) is 0 Å². The van der Waals surface area contributed by atoms with Gasteiger partial charge in [-0.25, -0.2) is 0 Å². The standard InChI is InChI=1S/C15H16N2O/c16-14(10-12-4-2-1-3-5-12)15(18)11-13-6-8-17-9-7-13/h1-9,14H,10-11,16H2. The number of carbonyl (C=O) groups is 1. The van der Waals surface area contributed by atoms with Crippen LogP contribution in [0.1, 0.15) is 11.1 Å². The highest BCUT2D eigenvalue weighted by Gasteiger charge is 2.14. The summed E-state index contributed by atoms with van der Waals surface area (Å²) < 4.78 is 0. The zero-order valence-electron chi connectivity index (χ0n) is 10.1.